The Balaban J connectivity index is 1.86. The van der Waals surface area contributed by atoms with Gasteiger partial charge in [-0.1, -0.05) is 0 Å². The van der Waals surface area contributed by atoms with Crippen LogP contribution in [0.25, 0.3) is 0 Å². The van der Waals surface area contributed by atoms with Gasteiger partial charge >= 0.3 is 0 Å². The smallest absolute Gasteiger partial charge is 0.224 e. The summed E-state index contributed by atoms with van der Waals surface area (Å²) in [4.78, 5) is 21.1. The molecular weight excluding hydrogens is 192 g/mol. The molecule has 1 fully saturated rings. The van der Waals surface area contributed by atoms with Gasteiger partial charge in [0, 0.05) is 37.9 Å². The lowest BCUT2D eigenvalue weighted by molar-refractivity contribution is -0.127. The molecule has 5 heteroatoms. The Kier molecular flexibility index (Phi) is 2.91. The number of nitrogens with zero attached hydrogens (tertiary/aromatic N) is 3. The fourth-order valence-electron chi connectivity index (χ4n) is 1.74. The van der Waals surface area contributed by atoms with Crippen LogP contribution in [0.5, 0.6) is 0 Å². The van der Waals surface area contributed by atoms with Crippen molar-refractivity contribution in [1.82, 2.24) is 14.9 Å². The minimum atomic E-state index is 0.00419. The topological polar surface area (TPSA) is 72.1 Å². The van der Waals surface area contributed by atoms with E-state index in [9.17, 15) is 4.79 Å². The van der Waals surface area contributed by atoms with E-state index >= 15 is 0 Å². The summed E-state index contributed by atoms with van der Waals surface area (Å²) in [5.41, 5.74) is 6.74. The molecule has 0 bridgehead atoms. The molecule has 1 aromatic heterocycles. The molecular formula is C10H14N4O. The van der Waals surface area contributed by atoms with E-state index in [1.54, 1.807) is 17.3 Å². The summed E-state index contributed by atoms with van der Waals surface area (Å²) in [6.07, 6.45) is 6.31. The highest BCUT2D eigenvalue weighted by Gasteiger charge is 2.26. The number of carbonyl (C=O) groups excluding carboxylic acids is 1. The quantitative estimate of drug-likeness (QED) is 0.729. The van der Waals surface area contributed by atoms with Crippen LogP contribution in [0.15, 0.2) is 18.7 Å². The number of likely N-dealkylation sites (tertiary alicyclic amines) is 1. The highest BCUT2D eigenvalue weighted by atomic mass is 16.2. The third-order valence-electron chi connectivity index (χ3n) is 2.53. The lowest BCUT2D eigenvalue weighted by atomic mass is 10.2. The Labute approximate surface area is 88.3 Å². The van der Waals surface area contributed by atoms with Crippen molar-refractivity contribution in [2.45, 2.75) is 18.9 Å². The van der Waals surface area contributed by atoms with E-state index in [0.29, 0.717) is 19.5 Å². The molecule has 2 N–H and O–H groups in total. The number of aromatic nitrogens is 2. The Hall–Kier alpha value is -1.49. The fourth-order valence-corrected chi connectivity index (χ4v) is 1.74. The highest BCUT2D eigenvalue weighted by molar-refractivity contribution is 5.79. The summed E-state index contributed by atoms with van der Waals surface area (Å²) in [5.74, 6) is 0.152. The van der Waals surface area contributed by atoms with Gasteiger partial charge in [0.05, 0.1) is 0 Å². The first-order valence-electron chi connectivity index (χ1n) is 5.03. The molecule has 1 saturated heterocycles. The fraction of sp³-hybridized carbons (Fsp3) is 0.500. The normalized spacial score (nSPS) is 21.0. The number of amides is 1. The first-order chi connectivity index (χ1) is 7.25. The average molecular weight is 206 g/mol. The van der Waals surface area contributed by atoms with Crippen LogP contribution in [-0.2, 0) is 11.2 Å². The van der Waals surface area contributed by atoms with Gasteiger partial charge in [-0.25, -0.2) is 9.97 Å². The molecule has 1 atom stereocenters. The third kappa shape index (κ3) is 2.50. The van der Waals surface area contributed by atoms with Crippen molar-refractivity contribution in [3.63, 3.8) is 0 Å². The van der Waals surface area contributed by atoms with Crippen LogP contribution in [-0.4, -0.2) is 39.9 Å². The second kappa shape index (κ2) is 4.35. The van der Waals surface area contributed by atoms with Crippen molar-refractivity contribution in [3.8, 4) is 0 Å². The van der Waals surface area contributed by atoms with Gasteiger partial charge in [-0.3, -0.25) is 4.79 Å². The predicted octanol–water partition coefficient (Wildman–Crippen LogP) is -0.421. The van der Waals surface area contributed by atoms with Crippen LogP contribution >= 0.6 is 0 Å². The van der Waals surface area contributed by atoms with E-state index in [0.717, 1.165) is 12.0 Å². The summed E-state index contributed by atoms with van der Waals surface area (Å²) in [6.45, 7) is 1.38. The van der Waals surface area contributed by atoms with Gasteiger partial charge < -0.3 is 10.6 Å². The van der Waals surface area contributed by atoms with Crippen LogP contribution in [0.2, 0.25) is 0 Å². The van der Waals surface area contributed by atoms with Gasteiger partial charge in [0.15, 0.2) is 0 Å². The largest absolute Gasteiger partial charge is 0.341 e. The standard InChI is InChI=1S/C10H14N4O/c11-9-3-10(15)14(6-9)2-1-8-4-12-7-13-5-8/h4-5,7,9H,1-3,6,11H2. The van der Waals surface area contributed by atoms with Crippen molar-refractivity contribution in [2.75, 3.05) is 13.1 Å². The minimum absolute atomic E-state index is 0.00419. The molecule has 1 aliphatic rings. The average Bonchev–Trinajstić information content (AvgIpc) is 2.56. The van der Waals surface area contributed by atoms with Gasteiger partial charge in [0.1, 0.15) is 6.33 Å². The Morgan fingerprint density at radius 3 is 2.80 bits per heavy atom. The second-order valence-electron chi connectivity index (χ2n) is 3.80. The Morgan fingerprint density at radius 1 is 1.47 bits per heavy atom. The maximum Gasteiger partial charge on any atom is 0.224 e. The zero-order chi connectivity index (χ0) is 10.7. The number of nitrogens with two attached hydrogens (primary N) is 1. The maximum atomic E-state index is 11.4. The molecule has 15 heavy (non-hydrogen) atoms. The van der Waals surface area contributed by atoms with E-state index in [-0.39, 0.29) is 11.9 Å². The van der Waals surface area contributed by atoms with E-state index in [4.69, 9.17) is 5.73 Å². The number of carbonyl (C=O) groups is 1. The molecule has 0 aromatic carbocycles. The van der Waals surface area contributed by atoms with Gasteiger partial charge in [-0.2, -0.15) is 0 Å². The zero-order valence-electron chi connectivity index (χ0n) is 8.47. The van der Waals surface area contributed by atoms with E-state index in [1.807, 2.05) is 0 Å². The molecule has 0 radical (unpaired) electrons. The molecule has 1 unspecified atom stereocenters. The highest BCUT2D eigenvalue weighted by Crippen LogP contribution is 2.09. The molecule has 0 aliphatic carbocycles. The minimum Gasteiger partial charge on any atom is -0.341 e. The molecule has 2 rings (SSSR count). The summed E-state index contributed by atoms with van der Waals surface area (Å²) >= 11 is 0. The van der Waals surface area contributed by atoms with Crippen LogP contribution in [0, 0.1) is 0 Å². The van der Waals surface area contributed by atoms with E-state index < -0.39 is 0 Å². The Bertz CT molecular complexity index is 341. The summed E-state index contributed by atoms with van der Waals surface area (Å²) in [5, 5.41) is 0. The zero-order valence-corrected chi connectivity index (χ0v) is 8.47. The van der Waals surface area contributed by atoms with Crippen molar-refractivity contribution >= 4 is 5.91 Å². The van der Waals surface area contributed by atoms with Crippen LogP contribution in [0.3, 0.4) is 0 Å². The van der Waals surface area contributed by atoms with Crippen molar-refractivity contribution < 1.29 is 4.79 Å². The molecule has 1 aliphatic heterocycles. The van der Waals surface area contributed by atoms with Crippen LogP contribution in [0.4, 0.5) is 0 Å². The SMILES string of the molecule is NC1CC(=O)N(CCc2cncnc2)C1. The van der Waals surface area contributed by atoms with Crippen LogP contribution in [0.1, 0.15) is 12.0 Å². The molecule has 0 spiro atoms. The van der Waals surface area contributed by atoms with Gasteiger partial charge in [0.25, 0.3) is 0 Å². The number of hydrogen-bond acceptors (Lipinski definition) is 4. The molecule has 1 amide bonds. The second-order valence-corrected chi connectivity index (χ2v) is 3.80. The summed E-state index contributed by atoms with van der Waals surface area (Å²) in [7, 11) is 0. The molecule has 1 aromatic rings. The van der Waals surface area contributed by atoms with Crippen molar-refractivity contribution in [1.29, 1.82) is 0 Å². The molecule has 2 heterocycles. The van der Waals surface area contributed by atoms with Crippen LogP contribution < -0.4 is 5.73 Å². The summed E-state index contributed by atoms with van der Waals surface area (Å²) < 4.78 is 0. The first kappa shape index (κ1) is 10.0. The third-order valence-corrected chi connectivity index (χ3v) is 2.53. The summed E-state index contributed by atoms with van der Waals surface area (Å²) in [6, 6.07) is 0.00419. The lowest BCUT2D eigenvalue weighted by Gasteiger charge is -2.15. The van der Waals surface area contributed by atoms with Gasteiger partial charge in [0.2, 0.25) is 5.91 Å². The van der Waals surface area contributed by atoms with E-state index in [2.05, 4.69) is 9.97 Å². The van der Waals surface area contributed by atoms with Gasteiger partial charge in [-0.05, 0) is 12.0 Å². The maximum absolute atomic E-state index is 11.4. The van der Waals surface area contributed by atoms with Crippen molar-refractivity contribution in [3.05, 3.63) is 24.3 Å². The molecule has 5 nitrogen and oxygen atoms in total. The number of hydrogen-bond donors (Lipinski definition) is 1. The Morgan fingerprint density at radius 2 is 2.20 bits per heavy atom. The van der Waals surface area contributed by atoms with Gasteiger partial charge in [-0.15, -0.1) is 0 Å². The predicted molar refractivity (Wildman–Crippen MR) is 54.9 cm³/mol. The molecule has 0 saturated carbocycles. The lowest BCUT2D eigenvalue weighted by Crippen LogP contribution is -2.30. The first-order valence-corrected chi connectivity index (χ1v) is 5.03. The van der Waals surface area contributed by atoms with Crippen molar-refractivity contribution in [2.24, 2.45) is 5.73 Å². The molecule has 80 valence electrons. The number of rotatable bonds is 3. The monoisotopic (exact) mass is 206 g/mol. The van der Waals surface area contributed by atoms with E-state index in [1.165, 1.54) is 6.33 Å².